The zero-order valence-electron chi connectivity index (χ0n) is 14.7. The van der Waals surface area contributed by atoms with Gasteiger partial charge in [-0.15, -0.1) is 0 Å². The van der Waals surface area contributed by atoms with Gasteiger partial charge in [0.05, 0.1) is 11.6 Å². The third-order valence-corrected chi connectivity index (χ3v) is 5.46. The van der Waals surface area contributed by atoms with E-state index in [0.717, 1.165) is 62.7 Å². The van der Waals surface area contributed by atoms with Crippen molar-refractivity contribution in [1.82, 2.24) is 4.90 Å². The summed E-state index contributed by atoms with van der Waals surface area (Å²) in [5.74, 6) is -0.357. The van der Waals surface area contributed by atoms with E-state index in [4.69, 9.17) is 11.5 Å². The summed E-state index contributed by atoms with van der Waals surface area (Å²) >= 11 is 0. The van der Waals surface area contributed by atoms with E-state index in [1.54, 1.807) is 0 Å². The lowest BCUT2D eigenvalue weighted by atomic mass is 9.82. The number of hydrogen-bond donors (Lipinski definition) is 3. The zero-order chi connectivity index (χ0) is 17.9. The Kier molecular flexibility index (Phi) is 5.39. The fourth-order valence-corrected chi connectivity index (χ4v) is 3.98. The Morgan fingerprint density at radius 3 is 2.68 bits per heavy atom. The number of hydrogen-bond acceptors (Lipinski definition) is 4. The molecule has 1 aromatic carbocycles. The molecule has 6 heteroatoms. The van der Waals surface area contributed by atoms with E-state index >= 15 is 0 Å². The summed E-state index contributed by atoms with van der Waals surface area (Å²) < 4.78 is 0. The maximum atomic E-state index is 12.6. The van der Waals surface area contributed by atoms with E-state index in [2.05, 4.69) is 10.2 Å². The van der Waals surface area contributed by atoms with Crippen LogP contribution < -0.4 is 16.8 Å². The van der Waals surface area contributed by atoms with Crippen molar-refractivity contribution in [1.29, 1.82) is 0 Å². The van der Waals surface area contributed by atoms with Gasteiger partial charge in [0, 0.05) is 12.2 Å². The third kappa shape index (κ3) is 4.19. The van der Waals surface area contributed by atoms with Crippen molar-refractivity contribution in [2.45, 2.75) is 63.1 Å². The first-order chi connectivity index (χ1) is 12.0. The molecule has 1 unspecified atom stereocenters. The average molecular weight is 344 g/mol. The van der Waals surface area contributed by atoms with Crippen molar-refractivity contribution in [3.05, 3.63) is 29.8 Å². The number of nitrogens with one attached hydrogen (secondary N) is 1. The standard InChI is InChI=1S/C19H28N4O2/c20-17(24)16-8-5-11-23(16)13-14-6-4-7-15(12-14)22-18(25)19(21)9-2-1-3-10-19/h4,6-7,12,16H,1-3,5,8-11,13,21H2,(H2,20,24)(H,22,25). The molecule has 6 nitrogen and oxygen atoms in total. The average Bonchev–Trinajstić information content (AvgIpc) is 3.04. The van der Waals surface area contributed by atoms with Gasteiger partial charge in [-0.25, -0.2) is 0 Å². The number of likely N-dealkylation sites (tertiary alicyclic amines) is 1. The molecule has 5 N–H and O–H groups in total. The molecule has 2 aliphatic rings. The molecule has 1 aliphatic carbocycles. The highest BCUT2D eigenvalue weighted by Gasteiger charge is 2.35. The number of carbonyl (C=O) groups is 2. The fraction of sp³-hybridized carbons (Fsp3) is 0.579. The Labute approximate surface area is 148 Å². The normalized spacial score (nSPS) is 23.3. The maximum Gasteiger partial charge on any atom is 0.244 e. The molecule has 1 heterocycles. The number of benzene rings is 1. The maximum absolute atomic E-state index is 12.6. The van der Waals surface area contributed by atoms with Crippen LogP contribution in [0.5, 0.6) is 0 Å². The van der Waals surface area contributed by atoms with Gasteiger partial charge in [0.25, 0.3) is 0 Å². The van der Waals surface area contributed by atoms with Crippen LogP contribution in [0.2, 0.25) is 0 Å². The van der Waals surface area contributed by atoms with Crippen LogP contribution in [-0.2, 0) is 16.1 Å². The van der Waals surface area contributed by atoms with Gasteiger partial charge < -0.3 is 16.8 Å². The molecule has 25 heavy (non-hydrogen) atoms. The van der Waals surface area contributed by atoms with Gasteiger partial charge in [-0.3, -0.25) is 14.5 Å². The molecule has 3 rings (SSSR count). The highest BCUT2D eigenvalue weighted by Crippen LogP contribution is 2.27. The van der Waals surface area contributed by atoms with Crippen molar-refractivity contribution >= 4 is 17.5 Å². The number of nitrogens with two attached hydrogens (primary N) is 2. The lowest BCUT2D eigenvalue weighted by Gasteiger charge is -2.31. The van der Waals surface area contributed by atoms with Crippen LogP contribution in [0.3, 0.4) is 0 Å². The van der Waals surface area contributed by atoms with E-state index in [0.29, 0.717) is 6.54 Å². The SMILES string of the molecule is NC(=O)C1CCCN1Cc1cccc(NC(=O)C2(N)CCCCC2)c1. The van der Waals surface area contributed by atoms with E-state index in [9.17, 15) is 9.59 Å². The smallest absolute Gasteiger partial charge is 0.244 e. The van der Waals surface area contributed by atoms with E-state index in [-0.39, 0.29) is 17.9 Å². The minimum atomic E-state index is -0.750. The number of carbonyl (C=O) groups excluding carboxylic acids is 2. The highest BCUT2D eigenvalue weighted by molar-refractivity contribution is 5.98. The Balaban J connectivity index is 1.65. The van der Waals surface area contributed by atoms with Gasteiger partial charge in [-0.2, -0.15) is 0 Å². The fourth-order valence-electron chi connectivity index (χ4n) is 3.98. The molecule has 1 saturated carbocycles. The summed E-state index contributed by atoms with van der Waals surface area (Å²) in [6.07, 6.45) is 6.46. The van der Waals surface area contributed by atoms with Crippen LogP contribution in [0.15, 0.2) is 24.3 Å². The summed E-state index contributed by atoms with van der Waals surface area (Å²) in [5, 5.41) is 2.98. The van der Waals surface area contributed by atoms with Gasteiger partial charge in [0.1, 0.15) is 0 Å². The lowest BCUT2D eigenvalue weighted by molar-refractivity contribution is -0.123. The second kappa shape index (κ2) is 7.54. The van der Waals surface area contributed by atoms with Crippen molar-refractivity contribution < 1.29 is 9.59 Å². The molecule has 1 atom stereocenters. The monoisotopic (exact) mass is 344 g/mol. The molecule has 0 spiro atoms. The largest absolute Gasteiger partial charge is 0.368 e. The summed E-state index contributed by atoms with van der Waals surface area (Å²) in [5.41, 5.74) is 12.8. The summed E-state index contributed by atoms with van der Waals surface area (Å²) in [6.45, 7) is 1.53. The topological polar surface area (TPSA) is 101 Å². The van der Waals surface area contributed by atoms with E-state index < -0.39 is 5.54 Å². The summed E-state index contributed by atoms with van der Waals surface area (Å²) in [7, 11) is 0. The molecule has 1 aromatic rings. The molecular formula is C19H28N4O2. The van der Waals surface area contributed by atoms with Crippen LogP contribution in [0, 0.1) is 0 Å². The molecule has 136 valence electrons. The Morgan fingerprint density at radius 1 is 1.20 bits per heavy atom. The van der Waals surface area contributed by atoms with Gasteiger partial charge >= 0.3 is 0 Å². The van der Waals surface area contributed by atoms with Crippen LogP contribution in [0.4, 0.5) is 5.69 Å². The summed E-state index contributed by atoms with van der Waals surface area (Å²) in [6, 6.07) is 7.58. The quantitative estimate of drug-likeness (QED) is 0.757. The molecule has 1 aliphatic heterocycles. The minimum Gasteiger partial charge on any atom is -0.368 e. The second-order valence-corrected chi connectivity index (χ2v) is 7.40. The van der Waals surface area contributed by atoms with Gasteiger partial charge in [0.15, 0.2) is 0 Å². The van der Waals surface area contributed by atoms with Crippen LogP contribution >= 0.6 is 0 Å². The van der Waals surface area contributed by atoms with Gasteiger partial charge in [-0.05, 0) is 49.9 Å². The van der Waals surface area contributed by atoms with E-state index in [1.807, 2.05) is 24.3 Å². The number of primary amides is 1. The molecule has 0 radical (unpaired) electrons. The number of anilines is 1. The highest BCUT2D eigenvalue weighted by atomic mass is 16.2. The predicted molar refractivity (Wildman–Crippen MR) is 97.7 cm³/mol. The van der Waals surface area contributed by atoms with E-state index in [1.165, 1.54) is 0 Å². The van der Waals surface area contributed by atoms with Crippen molar-refractivity contribution in [2.75, 3.05) is 11.9 Å². The third-order valence-electron chi connectivity index (χ3n) is 5.46. The molecule has 0 aromatic heterocycles. The first-order valence-electron chi connectivity index (χ1n) is 9.21. The molecule has 1 saturated heterocycles. The molecule has 0 bridgehead atoms. The van der Waals surface area contributed by atoms with Crippen LogP contribution in [-0.4, -0.2) is 34.8 Å². The number of rotatable bonds is 5. The van der Waals surface area contributed by atoms with Gasteiger partial charge in [-0.1, -0.05) is 31.4 Å². The number of nitrogens with zero attached hydrogens (tertiary/aromatic N) is 1. The van der Waals surface area contributed by atoms with Crippen molar-refractivity contribution in [3.63, 3.8) is 0 Å². The van der Waals surface area contributed by atoms with Crippen molar-refractivity contribution in [2.24, 2.45) is 11.5 Å². The summed E-state index contributed by atoms with van der Waals surface area (Å²) in [4.78, 5) is 26.2. The molecule has 2 amide bonds. The minimum absolute atomic E-state index is 0.0967. The predicted octanol–water partition coefficient (Wildman–Crippen LogP) is 1.74. The Morgan fingerprint density at radius 2 is 1.96 bits per heavy atom. The molecular weight excluding hydrogens is 316 g/mol. The van der Waals surface area contributed by atoms with Crippen LogP contribution in [0.25, 0.3) is 0 Å². The lowest BCUT2D eigenvalue weighted by Crippen LogP contribution is -2.52. The first kappa shape index (κ1) is 17.9. The number of amides is 2. The van der Waals surface area contributed by atoms with Crippen LogP contribution in [0.1, 0.15) is 50.5 Å². The van der Waals surface area contributed by atoms with Gasteiger partial charge in [0.2, 0.25) is 11.8 Å². The van der Waals surface area contributed by atoms with Crippen molar-refractivity contribution in [3.8, 4) is 0 Å². The molecule has 2 fully saturated rings. The first-order valence-corrected chi connectivity index (χ1v) is 9.21. The Hall–Kier alpha value is -1.92. The Bertz CT molecular complexity index is 640. The zero-order valence-corrected chi connectivity index (χ0v) is 14.7. The second-order valence-electron chi connectivity index (χ2n) is 7.40.